The van der Waals surface area contributed by atoms with Crippen molar-refractivity contribution in [1.82, 2.24) is 4.90 Å². The molecule has 0 bridgehead atoms. The fourth-order valence-electron chi connectivity index (χ4n) is 4.32. The Balaban J connectivity index is 1.65. The van der Waals surface area contributed by atoms with E-state index < -0.39 is 0 Å². The normalized spacial score (nSPS) is 12.4. The standard InChI is InChI=1S/C32H32N2O/c33-30(21-26-13-5-1-6-14-26)23-32(35)31(22-27-15-7-2-8-16-27)34(24-28-17-9-3-10-18-28)25-29-19-11-4-12-20-29/h1-20,23,31H,21-22,24-25,33H2/b30-23+. The minimum Gasteiger partial charge on any atom is -0.402 e. The van der Waals surface area contributed by atoms with E-state index in [1.807, 2.05) is 84.9 Å². The van der Waals surface area contributed by atoms with Gasteiger partial charge in [0.1, 0.15) is 0 Å². The molecule has 35 heavy (non-hydrogen) atoms. The molecular formula is C32H32N2O. The van der Waals surface area contributed by atoms with Crippen molar-refractivity contribution in [2.75, 3.05) is 0 Å². The average Bonchev–Trinajstić information content (AvgIpc) is 2.89. The molecule has 0 spiro atoms. The molecule has 0 heterocycles. The van der Waals surface area contributed by atoms with Crippen LogP contribution in [-0.2, 0) is 30.7 Å². The van der Waals surface area contributed by atoms with Crippen LogP contribution in [0.25, 0.3) is 0 Å². The molecule has 0 radical (unpaired) electrons. The van der Waals surface area contributed by atoms with E-state index >= 15 is 0 Å². The van der Waals surface area contributed by atoms with Gasteiger partial charge in [0, 0.05) is 31.3 Å². The lowest BCUT2D eigenvalue weighted by molar-refractivity contribution is -0.120. The van der Waals surface area contributed by atoms with Gasteiger partial charge in [0.15, 0.2) is 5.78 Å². The van der Waals surface area contributed by atoms with Crippen molar-refractivity contribution in [3.8, 4) is 0 Å². The number of benzene rings is 4. The average molecular weight is 461 g/mol. The summed E-state index contributed by atoms with van der Waals surface area (Å²) in [5.41, 5.74) is 11.5. The summed E-state index contributed by atoms with van der Waals surface area (Å²) in [5.74, 6) is 0.0362. The predicted molar refractivity (Wildman–Crippen MR) is 143 cm³/mol. The van der Waals surface area contributed by atoms with E-state index in [-0.39, 0.29) is 11.8 Å². The number of carbonyl (C=O) groups is 1. The Morgan fingerprint density at radius 3 is 1.49 bits per heavy atom. The Bertz CT molecular complexity index is 1160. The molecule has 4 aromatic carbocycles. The lowest BCUT2D eigenvalue weighted by Crippen LogP contribution is -2.41. The van der Waals surface area contributed by atoms with Gasteiger partial charge in [0.25, 0.3) is 0 Å². The molecule has 0 saturated heterocycles. The number of nitrogens with two attached hydrogens (primary N) is 1. The first-order valence-corrected chi connectivity index (χ1v) is 12.1. The summed E-state index contributed by atoms with van der Waals surface area (Å²) in [6.07, 6.45) is 2.82. The quantitative estimate of drug-likeness (QED) is 0.281. The molecule has 0 aliphatic carbocycles. The van der Waals surface area contributed by atoms with Crippen LogP contribution in [0.2, 0.25) is 0 Å². The molecule has 0 aliphatic heterocycles. The highest BCUT2D eigenvalue weighted by Crippen LogP contribution is 2.19. The summed E-state index contributed by atoms with van der Waals surface area (Å²) in [7, 11) is 0. The van der Waals surface area contributed by atoms with Crippen molar-refractivity contribution in [2.24, 2.45) is 5.73 Å². The Morgan fingerprint density at radius 1 is 0.629 bits per heavy atom. The summed E-state index contributed by atoms with van der Waals surface area (Å²) in [6, 6.07) is 40.6. The van der Waals surface area contributed by atoms with Gasteiger partial charge in [-0.15, -0.1) is 0 Å². The summed E-state index contributed by atoms with van der Waals surface area (Å²) in [5, 5.41) is 0. The Kier molecular flexibility index (Phi) is 8.63. The fourth-order valence-corrected chi connectivity index (χ4v) is 4.32. The highest BCUT2D eigenvalue weighted by Gasteiger charge is 2.26. The summed E-state index contributed by atoms with van der Waals surface area (Å²) in [6.45, 7) is 1.34. The molecule has 1 atom stereocenters. The number of ketones is 1. The maximum Gasteiger partial charge on any atom is 0.174 e. The summed E-state index contributed by atoms with van der Waals surface area (Å²) in [4.78, 5) is 16.0. The number of nitrogens with zero attached hydrogens (tertiary/aromatic N) is 1. The molecule has 0 aromatic heterocycles. The number of hydrogen-bond donors (Lipinski definition) is 1. The van der Waals surface area contributed by atoms with Gasteiger partial charge in [-0.25, -0.2) is 0 Å². The van der Waals surface area contributed by atoms with Crippen LogP contribution in [-0.4, -0.2) is 16.7 Å². The van der Waals surface area contributed by atoms with Crippen LogP contribution in [0, 0.1) is 0 Å². The molecular weight excluding hydrogens is 428 g/mol. The van der Waals surface area contributed by atoms with Crippen molar-refractivity contribution >= 4 is 5.78 Å². The van der Waals surface area contributed by atoms with E-state index in [1.54, 1.807) is 6.08 Å². The van der Waals surface area contributed by atoms with E-state index in [4.69, 9.17) is 5.73 Å². The van der Waals surface area contributed by atoms with Crippen LogP contribution in [0.1, 0.15) is 22.3 Å². The second-order valence-corrected chi connectivity index (χ2v) is 8.87. The molecule has 4 aromatic rings. The lowest BCUT2D eigenvalue weighted by atomic mass is 9.97. The van der Waals surface area contributed by atoms with E-state index in [9.17, 15) is 4.79 Å². The van der Waals surface area contributed by atoms with E-state index in [2.05, 4.69) is 41.3 Å². The number of hydrogen-bond acceptors (Lipinski definition) is 3. The van der Waals surface area contributed by atoms with Gasteiger partial charge in [-0.2, -0.15) is 0 Å². The SMILES string of the molecule is N/C(=C/C(=O)C(Cc1ccccc1)N(Cc1ccccc1)Cc1ccccc1)Cc1ccccc1. The third-order valence-electron chi connectivity index (χ3n) is 6.08. The summed E-state index contributed by atoms with van der Waals surface area (Å²) < 4.78 is 0. The van der Waals surface area contributed by atoms with E-state index in [0.29, 0.717) is 31.6 Å². The van der Waals surface area contributed by atoms with Gasteiger partial charge in [0.05, 0.1) is 6.04 Å². The molecule has 3 heteroatoms. The smallest absolute Gasteiger partial charge is 0.174 e. The van der Waals surface area contributed by atoms with Crippen molar-refractivity contribution in [3.05, 3.63) is 155 Å². The third-order valence-corrected chi connectivity index (χ3v) is 6.08. The first-order chi connectivity index (χ1) is 17.2. The molecule has 0 aliphatic rings. The Morgan fingerprint density at radius 2 is 1.03 bits per heavy atom. The van der Waals surface area contributed by atoms with E-state index in [1.165, 1.54) is 11.1 Å². The number of rotatable bonds is 11. The maximum atomic E-state index is 13.8. The highest BCUT2D eigenvalue weighted by atomic mass is 16.1. The minimum absolute atomic E-state index is 0.0362. The number of allylic oxidation sites excluding steroid dienone is 1. The topological polar surface area (TPSA) is 46.3 Å². The number of carbonyl (C=O) groups excluding carboxylic acids is 1. The van der Waals surface area contributed by atoms with Crippen LogP contribution in [0.5, 0.6) is 0 Å². The van der Waals surface area contributed by atoms with Crippen molar-refractivity contribution < 1.29 is 4.79 Å². The van der Waals surface area contributed by atoms with Crippen molar-refractivity contribution in [3.63, 3.8) is 0 Å². The first-order valence-electron chi connectivity index (χ1n) is 12.1. The maximum absolute atomic E-state index is 13.8. The van der Waals surface area contributed by atoms with Gasteiger partial charge < -0.3 is 5.73 Å². The van der Waals surface area contributed by atoms with Gasteiger partial charge >= 0.3 is 0 Å². The van der Waals surface area contributed by atoms with Crippen LogP contribution in [0.4, 0.5) is 0 Å². The largest absolute Gasteiger partial charge is 0.402 e. The zero-order valence-corrected chi connectivity index (χ0v) is 20.0. The van der Waals surface area contributed by atoms with E-state index in [0.717, 1.165) is 11.1 Å². The van der Waals surface area contributed by atoms with Crippen LogP contribution in [0.15, 0.2) is 133 Å². The van der Waals surface area contributed by atoms with Gasteiger partial charge in [-0.3, -0.25) is 9.69 Å². The van der Waals surface area contributed by atoms with Gasteiger partial charge in [-0.05, 0) is 28.7 Å². The van der Waals surface area contributed by atoms with Crippen molar-refractivity contribution in [2.45, 2.75) is 32.0 Å². The molecule has 0 amide bonds. The molecule has 0 saturated carbocycles. The van der Waals surface area contributed by atoms with Gasteiger partial charge in [-0.1, -0.05) is 121 Å². The lowest BCUT2D eigenvalue weighted by Gasteiger charge is -2.31. The zero-order chi connectivity index (χ0) is 24.3. The van der Waals surface area contributed by atoms with Crippen molar-refractivity contribution in [1.29, 1.82) is 0 Å². The minimum atomic E-state index is -0.341. The molecule has 1 unspecified atom stereocenters. The molecule has 4 rings (SSSR count). The zero-order valence-electron chi connectivity index (χ0n) is 20.0. The van der Waals surface area contributed by atoms with Crippen LogP contribution >= 0.6 is 0 Å². The van der Waals surface area contributed by atoms with Crippen LogP contribution in [0.3, 0.4) is 0 Å². The van der Waals surface area contributed by atoms with Crippen LogP contribution < -0.4 is 5.73 Å². The third kappa shape index (κ3) is 7.53. The molecule has 2 N–H and O–H groups in total. The van der Waals surface area contributed by atoms with Gasteiger partial charge in [0.2, 0.25) is 0 Å². The Hall–Kier alpha value is -3.95. The first kappa shape index (κ1) is 24.2. The predicted octanol–water partition coefficient (Wildman–Crippen LogP) is 5.95. The second kappa shape index (κ2) is 12.5. The highest BCUT2D eigenvalue weighted by molar-refractivity contribution is 5.95. The Labute approximate surface area is 208 Å². The molecule has 0 fully saturated rings. The summed E-state index contributed by atoms with van der Waals surface area (Å²) >= 11 is 0. The molecule has 176 valence electrons. The fraction of sp³-hybridized carbons (Fsp3) is 0.156. The second-order valence-electron chi connectivity index (χ2n) is 8.87. The molecule has 3 nitrogen and oxygen atoms in total. The monoisotopic (exact) mass is 460 g/mol.